The van der Waals surface area contributed by atoms with Gasteiger partial charge in [0.1, 0.15) is 0 Å². The fourth-order valence-corrected chi connectivity index (χ4v) is 2.11. The molecule has 0 aliphatic carbocycles. The fourth-order valence-electron chi connectivity index (χ4n) is 2.11. The second kappa shape index (κ2) is 5.41. The molecule has 0 bridgehead atoms. The molecule has 0 saturated heterocycles. The molecule has 1 heterocycles. The van der Waals surface area contributed by atoms with Crippen LogP contribution >= 0.6 is 0 Å². The number of pyridine rings is 1. The van der Waals surface area contributed by atoms with Gasteiger partial charge in [-0.15, -0.1) is 0 Å². The van der Waals surface area contributed by atoms with Crippen LogP contribution in [0.2, 0.25) is 0 Å². The van der Waals surface area contributed by atoms with E-state index < -0.39 is 0 Å². The van der Waals surface area contributed by atoms with Crippen LogP contribution in [-0.2, 0) is 19.5 Å². The molecule has 0 amide bonds. The van der Waals surface area contributed by atoms with Gasteiger partial charge in [-0.25, -0.2) is 4.98 Å². The molecule has 0 saturated carbocycles. The van der Waals surface area contributed by atoms with Crippen molar-refractivity contribution in [1.29, 1.82) is 0 Å². The van der Waals surface area contributed by atoms with Crippen molar-refractivity contribution in [3.05, 3.63) is 66.2 Å². The first-order valence-corrected chi connectivity index (χ1v) is 5.76. The molecule has 0 radical (unpaired) electrons. The average molecular weight is 320 g/mol. The van der Waals surface area contributed by atoms with Crippen molar-refractivity contribution < 1.29 is 19.5 Å². The maximum Gasteiger partial charge on any atom is 0.0712 e. The van der Waals surface area contributed by atoms with Gasteiger partial charge in [0.2, 0.25) is 0 Å². The molecule has 0 spiro atoms. The normalized spacial score (nSPS) is 10.1. The molecular formula is C16H13NRu. The van der Waals surface area contributed by atoms with Crippen LogP contribution in [0.3, 0.4) is 0 Å². The van der Waals surface area contributed by atoms with E-state index in [9.17, 15) is 0 Å². The first-order valence-electron chi connectivity index (χ1n) is 5.76. The number of fused-ring (bicyclic) bond motifs is 1. The molecule has 1 aromatic heterocycles. The van der Waals surface area contributed by atoms with Crippen LogP contribution in [0, 0.1) is 6.92 Å². The van der Waals surface area contributed by atoms with E-state index >= 15 is 0 Å². The van der Waals surface area contributed by atoms with Gasteiger partial charge >= 0.3 is 0 Å². The molecule has 90 valence electrons. The Labute approximate surface area is 120 Å². The maximum absolute atomic E-state index is 4.71. The Balaban J connectivity index is 0.00000120. The molecule has 0 N–H and O–H groups in total. The summed E-state index contributed by atoms with van der Waals surface area (Å²) in [5, 5.41) is 1.23. The third-order valence-electron chi connectivity index (χ3n) is 2.99. The van der Waals surface area contributed by atoms with E-state index in [-0.39, 0.29) is 19.5 Å². The van der Waals surface area contributed by atoms with Gasteiger partial charge in [0.25, 0.3) is 0 Å². The van der Waals surface area contributed by atoms with E-state index in [0.717, 1.165) is 11.2 Å². The largest absolute Gasteiger partial charge is 0.248 e. The smallest absolute Gasteiger partial charge is 0.0712 e. The van der Waals surface area contributed by atoms with Crippen LogP contribution < -0.4 is 0 Å². The van der Waals surface area contributed by atoms with E-state index in [4.69, 9.17) is 4.98 Å². The third kappa shape index (κ3) is 2.34. The maximum atomic E-state index is 4.71. The van der Waals surface area contributed by atoms with Crippen LogP contribution in [0.15, 0.2) is 60.7 Å². The Bertz CT molecular complexity index is 662. The molecule has 3 aromatic rings. The van der Waals surface area contributed by atoms with E-state index in [1.165, 1.54) is 16.5 Å². The van der Waals surface area contributed by atoms with Gasteiger partial charge in [0.05, 0.1) is 11.2 Å². The molecular weight excluding hydrogens is 307 g/mol. The number of aryl methyl sites for hydroxylation is 1. The van der Waals surface area contributed by atoms with E-state index in [0.29, 0.717) is 0 Å². The van der Waals surface area contributed by atoms with Crippen LogP contribution in [-0.4, -0.2) is 4.98 Å². The number of rotatable bonds is 1. The standard InChI is InChI=1S/C16H13N.Ru/c1-12-11-16(13-7-3-2-4-8-13)17-15-10-6-5-9-14(12)15;/h2-11H,1H3;. The first kappa shape index (κ1) is 12.9. The molecule has 18 heavy (non-hydrogen) atoms. The van der Waals surface area contributed by atoms with Crippen molar-refractivity contribution in [2.45, 2.75) is 6.92 Å². The Hall–Kier alpha value is -1.53. The van der Waals surface area contributed by atoms with Crippen molar-refractivity contribution in [3.63, 3.8) is 0 Å². The average Bonchev–Trinajstić information content (AvgIpc) is 2.40. The number of benzene rings is 2. The summed E-state index contributed by atoms with van der Waals surface area (Å²) >= 11 is 0. The van der Waals surface area contributed by atoms with Gasteiger partial charge < -0.3 is 0 Å². The second-order valence-corrected chi connectivity index (χ2v) is 4.21. The van der Waals surface area contributed by atoms with Gasteiger partial charge in [0.15, 0.2) is 0 Å². The first-order chi connectivity index (χ1) is 8.34. The molecule has 2 aromatic carbocycles. The van der Waals surface area contributed by atoms with E-state index in [2.05, 4.69) is 43.3 Å². The number of hydrogen-bond acceptors (Lipinski definition) is 1. The zero-order valence-corrected chi connectivity index (χ0v) is 11.8. The topological polar surface area (TPSA) is 12.9 Å². The summed E-state index contributed by atoms with van der Waals surface area (Å²) in [5.74, 6) is 0. The van der Waals surface area contributed by atoms with Crippen molar-refractivity contribution in [2.24, 2.45) is 0 Å². The molecule has 0 unspecified atom stereocenters. The van der Waals surface area contributed by atoms with Crippen molar-refractivity contribution >= 4 is 10.9 Å². The van der Waals surface area contributed by atoms with E-state index in [1.54, 1.807) is 0 Å². The summed E-state index contributed by atoms with van der Waals surface area (Å²) in [6.45, 7) is 2.14. The Morgan fingerprint density at radius 1 is 0.833 bits per heavy atom. The summed E-state index contributed by atoms with van der Waals surface area (Å²) in [7, 11) is 0. The number of hydrogen-bond donors (Lipinski definition) is 0. The van der Waals surface area contributed by atoms with Crippen molar-refractivity contribution in [3.8, 4) is 11.3 Å². The summed E-state index contributed by atoms with van der Waals surface area (Å²) in [5.41, 5.74) is 4.55. The monoisotopic (exact) mass is 321 g/mol. The van der Waals surface area contributed by atoms with E-state index in [1.807, 2.05) is 24.3 Å². The second-order valence-electron chi connectivity index (χ2n) is 4.21. The van der Waals surface area contributed by atoms with Crippen LogP contribution in [0.1, 0.15) is 5.56 Å². The quantitative estimate of drug-likeness (QED) is 0.612. The van der Waals surface area contributed by atoms with Gasteiger partial charge in [-0.05, 0) is 24.6 Å². The molecule has 0 atom stereocenters. The summed E-state index contributed by atoms with van der Waals surface area (Å²) in [6.07, 6.45) is 0. The molecule has 0 fully saturated rings. The minimum Gasteiger partial charge on any atom is -0.248 e. The molecule has 2 heteroatoms. The third-order valence-corrected chi connectivity index (χ3v) is 2.99. The minimum absolute atomic E-state index is 0. The van der Waals surface area contributed by atoms with Crippen LogP contribution in [0.25, 0.3) is 22.2 Å². The summed E-state index contributed by atoms with van der Waals surface area (Å²) in [6, 6.07) is 20.7. The Kier molecular flexibility index (Phi) is 3.88. The number of aromatic nitrogens is 1. The molecule has 3 rings (SSSR count). The summed E-state index contributed by atoms with van der Waals surface area (Å²) in [4.78, 5) is 4.71. The van der Waals surface area contributed by atoms with Crippen molar-refractivity contribution in [2.75, 3.05) is 0 Å². The predicted molar refractivity (Wildman–Crippen MR) is 71.9 cm³/mol. The van der Waals surface area contributed by atoms with Gasteiger partial charge in [-0.3, -0.25) is 0 Å². The molecule has 0 aliphatic rings. The zero-order valence-electron chi connectivity index (χ0n) is 10.1. The molecule has 1 nitrogen and oxygen atoms in total. The SMILES string of the molecule is Cc1cc(-c2ccccc2)nc2ccccc12.[Ru]. The fraction of sp³-hybridized carbons (Fsp3) is 0.0625. The van der Waals surface area contributed by atoms with Gasteiger partial charge in [-0.2, -0.15) is 0 Å². The summed E-state index contributed by atoms with van der Waals surface area (Å²) < 4.78 is 0. The van der Waals surface area contributed by atoms with Crippen LogP contribution in [0.5, 0.6) is 0 Å². The number of para-hydroxylation sites is 1. The van der Waals surface area contributed by atoms with Crippen molar-refractivity contribution in [1.82, 2.24) is 4.98 Å². The Morgan fingerprint density at radius 3 is 2.28 bits per heavy atom. The van der Waals surface area contributed by atoms with Gasteiger partial charge in [0, 0.05) is 30.4 Å². The predicted octanol–water partition coefficient (Wildman–Crippen LogP) is 4.21. The number of nitrogens with zero attached hydrogens (tertiary/aromatic N) is 1. The minimum atomic E-state index is 0. The zero-order chi connectivity index (χ0) is 11.7. The molecule has 0 aliphatic heterocycles. The van der Waals surface area contributed by atoms with Crippen LogP contribution in [0.4, 0.5) is 0 Å². The van der Waals surface area contributed by atoms with Gasteiger partial charge in [-0.1, -0.05) is 48.5 Å². The Morgan fingerprint density at radius 2 is 1.50 bits per heavy atom.